The summed E-state index contributed by atoms with van der Waals surface area (Å²) in [6.45, 7) is 8.06. The van der Waals surface area contributed by atoms with E-state index in [1.807, 2.05) is 34.0 Å². The Bertz CT molecular complexity index is 943. The number of hydrogen-bond donors (Lipinski definition) is 0. The van der Waals surface area contributed by atoms with Gasteiger partial charge in [-0.15, -0.1) is 0 Å². The first-order valence-electron chi connectivity index (χ1n) is 9.34. The lowest BCUT2D eigenvalue weighted by Gasteiger charge is -2.22. The number of thiazole rings is 1. The Labute approximate surface area is 164 Å². The summed E-state index contributed by atoms with van der Waals surface area (Å²) in [4.78, 5) is 22.1. The van der Waals surface area contributed by atoms with Crippen molar-refractivity contribution in [1.29, 1.82) is 0 Å². The molecular formula is C20H27N5OS. The zero-order valence-corrected chi connectivity index (χ0v) is 17.5. The Morgan fingerprint density at radius 2 is 2.00 bits per heavy atom. The van der Waals surface area contributed by atoms with Crippen molar-refractivity contribution >= 4 is 32.6 Å². The molecule has 0 aliphatic carbocycles. The molecule has 0 atom stereocenters. The van der Waals surface area contributed by atoms with Gasteiger partial charge in [0.15, 0.2) is 5.13 Å². The summed E-state index contributed by atoms with van der Waals surface area (Å²) in [5.74, 6) is -0.0450. The van der Waals surface area contributed by atoms with Crippen molar-refractivity contribution < 1.29 is 4.79 Å². The molecule has 0 unspecified atom stereocenters. The first-order valence-corrected chi connectivity index (χ1v) is 10.2. The van der Waals surface area contributed by atoms with Gasteiger partial charge in [-0.3, -0.25) is 14.4 Å². The van der Waals surface area contributed by atoms with Crippen LogP contribution in [-0.4, -0.2) is 52.8 Å². The Kier molecular flexibility index (Phi) is 5.92. The van der Waals surface area contributed by atoms with Gasteiger partial charge in [-0.05, 0) is 52.1 Å². The van der Waals surface area contributed by atoms with Crippen molar-refractivity contribution in [3.8, 4) is 0 Å². The van der Waals surface area contributed by atoms with E-state index in [1.165, 1.54) is 5.56 Å². The van der Waals surface area contributed by atoms with Gasteiger partial charge in [0.05, 0.1) is 15.9 Å². The van der Waals surface area contributed by atoms with Gasteiger partial charge in [-0.25, -0.2) is 4.98 Å². The van der Waals surface area contributed by atoms with E-state index in [4.69, 9.17) is 4.98 Å². The van der Waals surface area contributed by atoms with Crippen molar-refractivity contribution in [1.82, 2.24) is 19.7 Å². The zero-order chi connectivity index (χ0) is 19.6. The molecule has 6 nitrogen and oxygen atoms in total. The number of para-hydroxylation sites is 1. The average Bonchev–Trinajstić information content (AvgIpc) is 3.24. The molecule has 0 saturated carbocycles. The molecule has 3 aromatic rings. The van der Waals surface area contributed by atoms with Crippen LogP contribution >= 0.6 is 11.3 Å². The van der Waals surface area contributed by atoms with Crippen LogP contribution in [-0.2, 0) is 13.0 Å². The molecular weight excluding hydrogens is 358 g/mol. The molecule has 2 aromatic heterocycles. The fourth-order valence-corrected chi connectivity index (χ4v) is 4.11. The highest BCUT2D eigenvalue weighted by atomic mass is 32.1. The Morgan fingerprint density at radius 3 is 2.67 bits per heavy atom. The van der Waals surface area contributed by atoms with Gasteiger partial charge in [0.25, 0.3) is 5.91 Å². The molecule has 144 valence electrons. The number of carbonyl (C=O) groups is 1. The minimum atomic E-state index is -0.0450. The van der Waals surface area contributed by atoms with Gasteiger partial charge in [-0.2, -0.15) is 5.10 Å². The summed E-state index contributed by atoms with van der Waals surface area (Å²) in [7, 11) is 4.02. The molecule has 0 spiro atoms. The van der Waals surface area contributed by atoms with E-state index >= 15 is 0 Å². The summed E-state index contributed by atoms with van der Waals surface area (Å²) in [6, 6.07) is 8.10. The van der Waals surface area contributed by atoms with Gasteiger partial charge in [0, 0.05) is 19.6 Å². The second-order valence-electron chi connectivity index (χ2n) is 6.86. The quantitative estimate of drug-likeness (QED) is 0.624. The lowest BCUT2D eigenvalue weighted by molar-refractivity contribution is 0.0975. The molecule has 0 aliphatic rings. The monoisotopic (exact) mass is 385 g/mol. The largest absolute Gasteiger partial charge is 0.308 e. The van der Waals surface area contributed by atoms with E-state index < -0.39 is 0 Å². The number of amides is 1. The fraction of sp³-hybridized carbons (Fsp3) is 0.450. The second-order valence-corrected chi connectivity index (χ2v) is 7.87. The number of aromatic nitrogens is 3. The minimum absolute atomic E-state index is 0.0450. The normalized spacial score (nSPS) is 11.5. The number of aryl methyl sites for hydroxylation is 3. The van der Waals surface area contributed by atoms with Crippen LogP contribution in [0, 0.1) is 6.92 Å². The Morgan fingerprint density at radius 1 is 1.22 bits per heavy atom. The molecule has 1 amide bonds. The average molecular weight is 386 g/mol. The smallest absolute Gasteiger partial charge is 0.278 e. The van der Waals surface area contributed by atoms with E-state index in [2.05, 4.69) is 35.1 Å². The predicted octanol–water partition coefficient (Wildman–Crippen LogP) is 3.59. The van der Waals surface area contributed by atoms with E-state index in [1.54, 1.807) is 20.9 Å². The van der Waals surface area contributed by atoms with Crippen LogP contribution in [0.2, 0.25) is 0 Å². The van der Waals surface area contributed by atoms with Crippen LogP contribution in [0.3, 0.4) is 0 Å². The fourth-order valence-electron chi connectivity index (χ4n) is 3.08. The number of carbonyl (C=O) groups excluding carboxylic acids is 1. The molecule has 0 radical (unpaired) electrons. The van der Waals surface area contributed by atoms with Gasteiger partial charge >= 0.3 is 0 Å². The van der Waals surface area contributed by atoms with Crippen LogP contribution in [0.1, 0.15) is 35.6 Å². The summed E-state index contributed by atoms with van der Waals surface area (Å²) in [6.07, 6.45) is 0.925. The maximum absolute atomic E-state index is 13.4. The van der Waals surface area contributed by atoms with Crippen molar-refractivity contribution in [2.75, 3.05) is 32.1 Å². The highest BCUT2D eigenvalue weighted by Gasteiger charge is 2.25. The van der Waals surface area contributed by atoms with Crippen LogP contribution in [0.4, 0.5) is 5.13 Å². The third-order valence-electron chi connectivity index (χ3n) is 4.54. The third kappa shape index (κ3) is 4.04. The van der Waals surface area contributed by atoms with Crippen molar-refractivity contribution in [2.45, 2.75) is 33.7 Å². The first-order chi connectivity index (χ1) is 12.9. The number of hydrogen-bond acceptors (Lipinski definition) is 5. The maximum atomic E-state index is 13.4. The minimum Gasteiger partial charge on any atom is -0.308 e. The molecule has 0 bridgehead atoms. The molecule has 0 fully saturated rings. The van der Waals surface area contributed by atoms with Crippen molar-refractivity contribution in [3.05, 3.63) is 41.2 Å². The molecule has 0 aliphatic heterocycles. The topological polar surface area (TPSA) is 54.3 Å². The van der Waals surface area contributed by atoms with E-state index in [0.29, 0.717) is 18.8 Å². The van der Waals surface area contributed by atoms with E-state index in [9.17, 15) is 4.79 Å². The Balaban J connectivity index is 2.04. The standard InChI is InChI=1S/C20H27N5OS/c1-6-15-9-8-10-17-18(15)21-20(27-17)24(12-11-23(4)5)19(26)16-13-14(3)22-25(16)7-2/h8-10,13H,6-7,11-12H2,1-5H3. The summed E-state index contributed by atoms with van der Waals surface area (Å²) in [5, 5.41) is 5.18. The Hall–Kier alpha value is -2.25. The lowest BCUT2D eigenvalue weighted by Crippen LogP contribution is -2.37. The van der Waals surface area contributed by atoms with Crippen LogP contribution < -0.4 is 4.90 Å². The summed E-state index contributed by atoms with van der Waals surface area (Å²) >= 11 is 1.58. The number of benzene rings is 1. The number of anilines is 1. The van der Waals surface area contributed by atoms with Gasteiger partial charge in [-0.1, -0.05) is 30.4 Å². The maximum Gasteiger partial charge on any atom is 0.278 e. The zero-order valence-electron chi connectivity index (χ0n) is 16.7. The highest BCUT2D eigenvalue weighted by molar-refractivity contribution is 7.22. The SMILES string of the molecule is CCc1cccc2sc(N(CCN(C)C)C(=O)c3cc(C)nn3CC)nc12. The number of rotatable bonds is 7. The number of likely N-dealkylation sites (N-methyl/N-ethyl adjacent to an activating group) is 1. The predicted molar refractivity (Wildman–Crippen MR) is 112 cm³/mol. The van der Waals surface area contributed by atoms with Gasteiger partial charge in [0.2, 0.25) is 0 Å². The molecule has 0 N–H and O–H groups in total. The van der Waals surface area contributed by atoms with Gasteiger partial charge < -0.3 is 4.90 Å². The van der Waals surface area contributed by atoms with E-state index in [-0.39, 0.29) is 5.91 Å². The second kappa shape index (κ2) is 8.19. The van der Waals surface area contributed by atoms with Crippen LogP contribution in [0.15, 0.2) is 24.3 Å². The molecule has 1 aromatic carbocycles. The summed E-state index contributed by atoms with van der Waals surface area (Å²) in [5.41, 5.74) is 3.68. The molecule has 0 saturated heterocycles. The lowest BCUT2D eigenvalue weighted by atomic mass is 10.1. The van der Waals surface area contributed by atoms with Gasteiger partial charge in [0.1, 0.15) is 5.69 Å². The van der Waals surface area contributed by atoms with Crippen molar-refractivity contribution in [2.24, 2.45) is 0 Å². The first kappa shape index (κ1) is 19.5. The van der Waals surface area contributed by atoms with Crippen molar-refractivity contribution in [3.63, 3.8) is 0 Å². The van der Waals surface area contributed by atoms with E-state index in [0.717, 1.165) is 34.0 Å². The molecule has 27 heavy (non-hydrogen) atoms. The molecule has 2 heterocycles. The highest BCUT2D eigenvalue weighted by Crippen LogP contribution is 2.31. The number of nitrogens with zero attached hydrogens (tertiary/aromatic N) is 5. The van der Waals surface area contributed by atoms with Crippen LogP contribution in [0.25, 0.3) is 10.2 Å². The van der Waals surface area contributed by atoms with Crippen LogP contribution in [0.5, 0.6) is 0 Å². The number of fused-ring (bicyclic) bond motifs is 1. The third-order valence-corrected chi connectivity index (χ3v) is 5.58. The summed E-state index contributed by atoms with van der Waals surface area (Å²) < 4.78 is 2.89. The molecule has 3 rings (SSSR count). The molecule has 7 heteroatoms.